The predicted octanol–water partition coefficient (Wildman–Crippen LogP) is -1.03. The van der Waals surface area contributed by atoms with Crippen LogP contribution in [0.4, 0.5) is 0 Å². The molecule has 1 N–H and O–H groups in total. The van der Waals surface area contributed by atoms with Crippen LogP contribution >= 0.6 is 0 Å². The van der Waals surface area contributed by atoms with Crippen LogP contribution in [-0.2, 0) is 28.5 Å². The fourth-order valence-electron chi connectivity index (χ4n) is 2.01. The van der Waals surface area contributed by atoms with Crippen LogP contribution in [0.5, 0.6) is 0 Å². The normalized spacial score (nSPS) is 39.8. The molecule has 0 aromatic rings. The van der Waals surface area contributed by atoms with E-state index in [0.717, 1.165) is 0 Å². The molecule has 0 aromatic heterocycles. The summed E-state index contributed by atoms with van der Waals surface area (Å²) < 4.78 is 20.5. The average molecular weight is 246 g/mol. The lowest BCUT2D eigenvalue weighted by Gasteiger charge is -2.36. The molecule has 0 aromatic carbocycles. The number of aliphatic hydroxyl groups is 1. The molecule has 0 radical (unpaired) electrons. The molecule has 96 valence electrons. The summed E-state index contributed by atoms with van der Waals surface area (Å²) in [6.45, 7) is 2.64. The standard InChI is InChI=1S/C10H14O7/c1-4(11)15-8-6-3-14-10(17-6)9(7(8)13)16-5(2)12/h6-10,13H,3H2,1-2H3/t6-,7+,8-,9-,10-/m1/s1. The molecule has 2 rings (SSSR count). The lowest BCUT2D eigenvalue weighted by atomic mass is 10.0. The van der Waals surface area contributed by atoms with Gasteiger partial charge in [0, 0.05) is 13.8 Å². The van der Waals surface area contributed by atoms with E-state index in [0.29, 0.717) is 0 Å². The van der Waals surface area contributed by atoms with E-state index in [1.165, 1.54) is 13.8 Å². The molecular weight excluding hydrogens is 232 g/mol. The van der Waals surface area contributed by atoms with Gasteiger partial charge < -0.3 is 24.1 Å². The van der Waals surface area contributed by atoms with E-state index in [-0.39, 0.29) is 6.61 Å². The summed E-state index contributed by atoms with van der Waals surface area (Å²) in [4.78, 5) is 21.8. The summed E-state index contributed by atoms with van der Waals surface area (Å²) in [6, 6.07) is 0. The van der Waals surface area contributed by atoms with Crippen LogP contribution in [0.3, 0.4) is 0 Å². The first-order chi connectivity index (χ1) is 7.99. The maximum Gasteiger partial charge on any atom is 0.303 e. The first kappa shape index (κ1) is 12.3. The number of ether oxygens (including phenoxy) is 4. The molecule has 0 amide bonds. The Morgan fingerprint density at radius 2 is 1.76 bits per heavy atom. The average Bonchev–Trinajstić information content (AvgIpc) is 2.65. The Kier molecular flexibility index (Phi) is 3.32. The first-order valence-electron chi connectivity index (χ1n) is 5.28. The highest BCUT2D eigenvalue weighted by Crippen LogP contribution is 2.31. The van der Waals surface area contributed by atoms with E-state index in [2.05, 4.69) is 0 Å². The molecular formula is C10H14O7. The van der Waals surface area contributed by atoms with Crippen LogP contribution in [0.1, 0.15) is 13.8 Å². The van der Waals surface area contributed by atoms with Crippen molar-refractivity contribution in [2.75, 3.05) is 6.61 Å². The van der Waals surface area contributed by atoms with Crippen molar-refractivity contribution >= 4 is 11.9 Å². The van der Waals surface area contributed by atoms with Crippen molar-refractivity contribution in [1.29, 1.82) is 0 Å². The number of hydrogen-bond donors (Lipinski definition) is 1. The number of fused-ring (bicyclic) bond motifs is 2. The molecule has 0 unspecified atom stereocenters. The molecule has 2 saturated heterocycles. The molecule has 7 heteroatoms. The van der Waals surface area contributed by atoms with Gasteiger partial charge in [-0.1, -0.05) is 0 Å². The third-order valence-electron chi connectivity index (χ3n) is 2.65. The van der Waals surface area contributed by atoms with Gasteiger partial charge in [-0.2, -0.15) is 0 Å². The Labute approximate surface area is 97.6 Å². The van der Waals surface area contributed by atoms with Gasteiger partial charge in [0.2, 0.25) is 0 Å². The van der Waals surface area contributed by atoms with Crippen molar-refractivity contribution in [1.82, 2.24) is 0 Å². The Morgan fingerprint density at radius 1 is 1.18 bits per heavy atom. The van der Waals surface area contributed by atoms with Gasteiger partial charge in [-0.3, -0.25) is 9.59 Å². The van der Waals surface area contributed by atoms with Gasteiger partial charge in [0.15, 0.2) is 18.5 Å². The molecule has 2 heterocycles. The summed E-state index contributed by atoms with van der Waals surface area (Å²) in [7, 11) is 0. The van der Waals surface area contributed by atoms with Crippen molar-refractivity contribution < 1.29 is 33.6 Å². The smallest absolute Gasteiger partial charge is 0.303 e. The molecule has 0 saturated carbocycles. The molecule has 2 bridgehead atoms. The monoisotopic (exact) mass is 246 g/mol. The fraction of sp³-hybridized carbons (Fsp3) is 0.800. The second kappa shape index (κ2) is 4.59. The van der Waals surface area contributed by atoms with Crippen LogP contribution < -0.4 is 0 Å². The topological polar surface area (TPSA) is 91.3 Å². The largest absolute Gasteiger partial charge is 0.457 e. The maximum absolute atomic E-state index is 10.9. The molecule has 7 nitrogen and oxygen atoms in total. The molecule has 5 atom stereocenters. The zero-order valence-electron chi connectivity index (χ0n) is 9.49. The lowest BCUT2D eigenvalue weighted by Crippen LogP contribution is -2.56. The number of hydrogen-bond acceptors (Lipinski definition) is 7. The minimum Gasteiger partial charge on any atom is -0.457 e. The van der Waals surface area contributed by atoms with Crippen molar-refractivity contribution in [3.63, 3.8) is 0 Å². The van der Waals surface area contributed by atoms with E-state index < -0.39 is 42.6 Å². The summed E-state index contributed by atoms with van der Waals surface area (Å²) in [5.41, 5.74) is 0. The second-order valence-corrected chi connectivity index (χ2v) is 4.01. The lowest BCUT2D eigenvalue weighted by molar-refractivity contribution is -0.244. The molecule has 0 spiro atoms. The third kappa shape index (κ3) is 2.41. The summed E-state index contributed by atoms with van der Waals surface area (Å²) in [5.74, 6) is -1.10. The highest BCUT2D eigenvalue weighted by atomic mass is 16.8. The highest BCUT2D eigenvalue weighted by molar-refractivity contribution is 5.67. The molecule has 0 aliphatic carbocycles. The zero-order chi connectivity index (χ0) is 12.6. The van der Waals surface area contributed by atoms with E-state index in [4.69, 9.17) is 18.9 Å². The van der Waals surface area contributed by atoms with Crippen LogP contribution in [0.25, 0.3) is 0 Å². The summed E-state index contributed by atoms with van der Waals surface area (Å²) >= 11 is 0. The van der Waals surface area contributed by atoms with Crippen molar-refractivity contribution in [3.05, 3.63) is 0 Å². The summed E-state index contributed by atoms with van der Waals surface area (Å²) in [6.07, 6.45) is -4.32. The minimum atomic E-state index is -1.14. The van der Waals surface area contributed by atoms with Crippen molar-refractivity contribution in [2.24, 2.45) is 0 Å². The van der Waals surface area contributed by atoms with E-state index in [1.54, 1.807) is 0 Å². The Morgan fingerprint density at radius 3 is 2.35 bits per heavy atom. The van der Waals surface area contributed by atoms with Gasteiger partial charge in [0.25, 0.3) is 0 Å². The van der Waals surface area contributed by atoms with Gasteiger partial charge in [0.1, 0.15) is 12.2 Å². The van der Waals surface area contributed by atoms with Gasteiger partial charge in [-0.25, -0.2) is 0 Å². The SMILES string of the molecule is CC(=O)O[C@H]1[C@@H]2OC[C@@H](O2)[C@@H](OC(C)=O)[C@@H]1O. The van der Waals surface area contributed by atoms with Crippen molar-refractivity contribution in [3.8, 4) is 0 Å². The number of esters is 2. The number of rotatable bonds is 2. The van der Waals surface area contributed by atoms with Crippen LogP contribution in [0.2, 0.25) is 0 Å². The Hall–Kier alpha value is -1.18. The Balaban J connectivity index is 2.12. The van der Waals surface area contributed by atoms with Gasteiger partial charge in [0.05, 0.1) is 6.61 Å². The predicted molar refractivity (Wildman–Crippen MR) is 51.7 cm³/mol. The minimum absolute atomic E-state index is 0.192. The van der Waals surface area contributed by atoms with Crippen LogP contribution in [0, 0.1) is 0 Å². The third-order valence-corrected chi connectivity index (χ3v) is 2.65. The van der Waals surface area contributed by atoms with E-state index in [1.807, 2.05) is 0 Å². The van der Waals surface area contributed by atoms with E-state index >= 15 is 0 Å². The van der Waals surface area contributed by atoms with Gasteiger partial charge in [-0.05, 0) is 0 Å². The van der Waals surface area contributed by atoms with Crippen molar-refractivity contribution in [2.45, 2.75) is 44.6 Å². The highest BCUT2D eigenvalue weighted by Gasteiger charge is 2.53. The van der Waals surface area contributed by atoms with Gasteiger partial charge in [-0.15, -0.1) is 0 Å². The van der Waals surface area contributed by atoms with Crippen LogP contribution in [0.15, 0.2) is 0 Å². The number of carbonyl (C=O) groups is 2. The fourth-order valence-corrected chi connectivity index (χ4v) is 2.01. The molecule has 2 aliphatic rings. The number of carbonyl (C=O) groups excluding carboxylic acids is 2. The molecule has 17 heavy (non-hydrogen) atoms. The Bertz CT molecular complexity index is 299. The quantitative estimate of drug-likeness (QED) is 0.622. The zero-order valence-corrected chi connectivity index (χ0v) is 9.49. The second-order valence-electron chi connectivity index (χ2n) is 4.01. The first-order valence-corrected chi connectivity index (χ1v) is 5.28. The molecule has 2 fully saturated rings. The van der Waals surface area contributed by atoms with E-state index in [9.17, 15) is 14.7 Å². The molecule has 2 aliphatic heterocycles. The van der Waals surface area contributed by atoms with Crippen LogP contribution in [-0.4, -0.2) is 54.4 Å². The van der Waals surface area contributed by atoms with Gasteiger partial charge >= 0.3 is 11.9 Å². The summed E-state index contributed by atoms with van der Waals surface area (Å²) in [5, 5.41) is 9.99. The number of aliphatic hydroxyl groups excluding tert-OH is 1. The maximum atomic E-state index is 10.9.